The normalized spacial score (nSPS) is 16.3. The van der Waals surface area contributed by atoms with Crippen LogP contribution < -0.4 is 5.32 Å². The predicted octanol–water partition coefficient (Wildman–Crippen LogP) is 2.56. The Balaban J connectivity index is 1.66. The molecule has 5 nitrogen and oxygen atoms in total. The smallest absolute Gasteiger partial charge is 0.149 e. The van der Waals surface area contributed by atoms with Crippen LogP contribution in [0, 0.1) is 6.92 Å². The lowest BCUT2D eigenvalue weighted by molar-refractivity contribution is 0.501. The first kappa shape index (κ1) is 14.2. The highest BCUT2D eigenvalue weighted by Gasteiger charge is 2.18. The highest BCUT2D eigenvalue weighted by atomic mass is 15.3. The number of hydrogen-bond donors (Lipinski definition) is 1. The van der Waals surface area contributed by atoms with E-state index in [1.807, 2.05) is 19.2 Å². The topological polar surface area (TPSA) is 55.6 Å². The molecule has 0 spiro atoms. The van der Waals surface area contributed by atoms with Crippen LogP contribution in [0.4, 0.5) is 0 Å². The van der Waals surface area contributed by atoms with Crippen LogP contribution in [0.25, 0.3) is 0 Å². The molecule has 3 rings (SSSR count). The Kier molecular flexibility index (Phi) is 4.29. The zero-order valence-electron chi connectivity index (χ0n) is 12.8. The van der Waals surface area contributed by atoms with Crippen molar-refractivity contribution in [2.75, 3.05) is 0 Å². The first-order chi connectivity index (χ1) is 10.2. The van der Waals surface area contributed by atoms with Crippen molar-refractivity contribution >= 4 is 0 Å². The summed E-state index contributed by atoms with van der Waals surface area (Å²) in [6.45, 7) is 6.02. The van der Waals surface area contributed by atoms with Gasteiger partial charge in [-0.3, -0.25) is 4.98 Å². The van der Waals surface area contributed by atoms with E-state index in [0.717, 1.165) is 36.9 Å². The van der Waals surface area contributed by atoms with Crippen molar-refractivity contribution in [3.05, 3.63) is 41.2 Å². The highest BCUT2D eigenvalue weighted by Crippen LogP contribution is 2.18. The summed E-state index contributed by atoms with van der Waals surface area (Å²) >= 11 is 0. The zero-order chi connectivity index (χ0) is 14.7. The Bertz CT molecular complexity index is 587. The first-order valence-electron chi connectivity index (χ1n) is 7.81. The van der Waals surface area contributed by atoms with Gasteiger partial charge < -0.3 is 9.88 Å². The number of nitrogens with one attached hydrogen (secondary N) is 1. The SMILES string of the molecule is Cc1ccc(CNC(C)c2nnc3n2CCCCC3)cn1. The summed E-state index contributed by atoms with van der Waals surface area (Å²) < 4.78 is 2.30. The third kappa shape index (κ3) is 3.29. The van der Waals surface area contributed by atoms with Crippen LogP contribution >= 0.6 is 0 Å². The van der Waals surface area contributed by atoms with E-state index in [0.29, 0.717) is 0 Å². The molecule has 0 saturated carbocycles. The number of aromatic nitrogens is 4. The van der Waals surface area contributed by atoms with E-state index < -0.39 is 0 Å². The average Bonchev–Trinajstić information content (AvgIpc) is 2.75. The van der Waals surface area contributed by atoms with E-state index in [2.05, 4.69) is 38.1 Å². The van der Waals surface area contributed by atoms with E-state index in [9.17, 15) is 0 Å². The van der Waals surface area contributed by atoms with Crippen molar-refractivity contribution in [1.29, 1.82) is 0 Å². The molecular weight excluding hydrogens is 262 g/mol. The van der Waals surface area contributed by atoms with Crippen molar-refractivity contribution in [2.24, 2.45) is 0 Å². The van der Waals surface area contributed by atoms with Gasteiger partial charge in [0.2, 0.25) is 0 Å². The third-order valence-electron chi connectivity index (χ3n) is 4.11. The van der Waals surface area contributed by atoms with Gasteiger partial charge in [0.25, 0.3) is 0 Å². The number of hydrogen-bond acceptors (Lipinski definition) is 4. The highest BCUT2D eigenvalue weighted by molar-refractivity contribution is 5.13. The average molecular weight is 285 g/mol. The molecule has 0 radical (unpaired) electrons. The molecule has 3 heterocycles. The van der Waals surface area contributed by atoms with Gasteiger partial charge in [-0.15, -0.1) is 10.2 Å². The van der Waals surface area contributed by atoms with Crippen molar-refractivity contribution in [2.45, 2.75) is 58.7 Å². The van der Waals surface area contributed by atoms with Gasteiger partial charge in [0.05, 0.1) is 6.04 Å². The Morgan fingerprint density at radius 3 is 2.95 bits per heavy atom. The molecule has 1 atom stereocenters. The van der Waals surface area contributed by atoms with E-state index in [1.54, 1.807) is 0 Å². The van der Waals surface area contributed by atoms with Gasteiger partial charge in [0.1, 0.15) is 11.6 Å². The van der Waals surface area contributed by atoms with Gasteiger partial charge in [-0.1, -0.05) is 12.5 Å². The molecule has 0 saturated heterocycles. The number of nitrogens with zero attached hydrogens (tertiary/aromatic N) is 4. The van der Waals surface area contributed by atoms with E-state index >= 15 is 0 Å². The largest absolute Gasteiger partial charge is 0.314 e. The van der Waals surface area contributed by atoms with E-state index in [-0.39, 0.29) is 6.04 Å². The Morgan fingerprint density at radius 1 is 1.24 bits per heavy atom. The lowest BCUT2D eigenvalue weighted by atomic mass is 10.2. The molecule has 1 N–H and O–H groups in total. The lowest BCUT2D eigenvalue weighted by Crippen LogP contribution is -2.22. The molecule has 1 aliphatic rings. The number of aryl methyl sites for hydroxylation is 2. The second-order valence-electron chi connectivity index (χ2n) is 5.85. The van der Waals surface area contributed by atoms with E-state index in [1.165, 1.54) is 24.8 Å². The monoisotopic (exact) mass is 285 g/mol. The fourth-order valence-electron chi connectivity index (χ4n) is 2.79. The van der Waals surface area contributed by atoms with Gasteiger partial charge >= 0.3 is 0 Å². The van der Waals surface area contributed by atoms with Crippen LogP contribution in [0.3, 0.4) is 0 Å². The van der Waals surface area contributed by atoms with Gasteiger partial charge in [0, 0.05) is 31.4 Å². The summed E-state index contributed by atoms with van der Waals surface area (Å²) in [5.74, 6) is 2.21. The summed E-state index contributed by atoms with van der Waals surface area (Å²) in [4.78, 5) is 4.33. The van der Waals surface area contributed by atoms with Crippen LogP contribution in [-0.4, -0.2) is 19.7 Å². The minimum Gasteiger partial charge on any atom is -0.314 e. The van der Waals surface area contributed by atoms with Crippen molar-refractivity contribution in [3.8, 4) is 0 Å². The molecule has 0 bridgehead atoms. The summed E-state index contributed by atoms with van der Waals surface area (Å²) in [7, 11) is 0. The molecule has 1 aliphatic heterocycles. The summed E-state index contributed by atoms with van der Waals surface area (Å²) in [5.41, 5.74) is 2.25. The molecule has 2 aromatic heterocycles. The standard InChI is InChI=1S/C16H23N5/c1-12-7-8-14(10-17-12)11-18-13(2)16-20-19-15-6-4-3-5-9-21(15)16/h7-8,10,13,18H,3-6,9,11H2,1-2H3. The van der Waals surface area contributed by atoms with Crippen molar-refractivity contribution in [1.82, 2.24) is 25.1 Å². The molecule has 0 amide bonds. The molecule has 0 aromatic carbocycles. The molecule has 21 heavy (non-hydrogen) atoms. The molecule has 1 unspecified atom stereocenters. The van der Waals surface area contributed by atoms with Gasteiger partial charge in [-0.2, -0.15) is 0 Å². The summed E-state index contributed by atoms with van der Waals surface area (Å²) in [5, 5.41) is 12.3. The molecule has 5 heteroatoms. The maximum Gasteiger partial charge on any atom is 0.149 e. The second-order valence-corrected chi connectivity index (χ2v) is 5.85. The van der Waals surface area contributed by atoms with Crippen molar-refractivity contribution in [3.63, 3.8) is 0 Å². The Morgan fingerprint density at radius 2 is 2.14 bits per heavy atom. The van der Waals surface area contributed by atoms with Crippen LogP contribution in [0.1, 0.15) is 55.1 Å². The van der Waals surface area contributed by atoms with Gasteiger partial charge in [0.15, 0.2) is 0 Å². The Labute approximate surface area is 125 Å². The van der Waals surface area contributed by atoms with E-state index in [4.69, 9.17) is 0 Å². The number of fused-ring (bicyclic) bond motifs is 1. The summed E-state index contributed by atoms with van der Waals surface area (Å²) in [6, 6.07) is 4.36. The molecule has 0 aliphatic carbocycles. The van der Waals surface area contributed by atoms with Gasteiger partial charge in [-0.05, 0) is 38.3 Å². The Hall–Kier alpha value is -1.75. The predicted molar refractivity (Wildman–Crippen MR) is 81.8 cm³/mol. The quantitative estimate of drug-likeness (QED) is 0.938. The maximum absolute atomic E-state index is 4.40. The van der Waals surface area contributed by atoms with Crippen molar-refractivity contribution < 1.29 is 0 Å². The first-order valence-corrected chi connectivity index (χ1v) is 7.81. The second kappa shape index (κ2) is 6.35. The maximum atomic E-state index is 4.40. The minimum atomic E-state index is 0.200. The fourth-order valence-corrected chi connectivity index (χ4v) is 2.79. The molecule has 0 fully saturated rings. The third-order valence-corrected chi connectivity index (χ3v) is 4.11. The van der Waals surface area contributed by atoms with Gasteiger partial charge in [-0.25, -0.2) is 0 Å². The molecule has 2 aromatic rings. The van der Waals surface area contributed by atoms with Crippen LogP contribution in [0.5, 0.6) is 0 Å². The number of pyridine rings is 1. The van der Waals surface area contributed by atoms with Crippen LogP contribution in [0.15, 0.2) is 18.3 Å². The minimum absolute atomic E-state index is 0.200. The molecule has 112 valence electrons. The summed E-state index contributed by atoms with van der Waals surface area (Å²) in [6.07, 6.45) is 6.74. The van der Waals surface area contributed by atoms with Crippen LogP contribution in [-0.2, 0) is 19.5 Å². The van der Waals surface area contributed by atoms with Crippen LogP contribution in [0.2, 0.25) is 0 Å². The lowest BCUT2D eigenvalue weighted by Gasteiger charge is -2.15. The molecular formula is C16H23N5. The zero-order valence-corrected chi connectivity index (χ0v) is 12.8. The fraction of sp³-hybridized carbons (Fsp3) is 0.562. The number of rotatable bonds is 4.